The molecule has 7 nitrogen and oxygen atoms in total. The number of amides is 1. The summed E-state index contributed by atoms with van der Waals surface area (Å²) in [5.74, 6) is -0.287. The molecule has 1 aromatic heterocycles. The molecule has 96 valence electrons. The molecule has 7 heteroatoms. The molecule has 2 rings (SSSR count). The molecule has 0 aliphatic heterocycles. The number of carbonyl (C=O) groups is 1. The van der Waals surface area contributed by atoms with Crippen LogP contribution in [0.3, 0.4) is 0 Å². The van der Waals surface area contributed by atoms with Crippen molar-refractivity contribution in [2.75, 3.05) is 12.8 Å². The van der Waals surface area contributed by atoms with Gasteiger partial charge in [0.15, 0.2) is 0 Å². The maximum absolute atomic E-state index is 12.2. The number of aromatic nitrogens is 1. The van der Waals surface area contributed by atoms with Crippen LogP contribution >= 0.6 is 0 Å². The van der Waals surface area contributed by atoms with Gasteiger partial charge in [0.1, 0.15) is 12.0 Å². The predicted octanol–water partition coefficient (Wildman–Crippen LogP) is 1.20. The lowest BCUT2D eigenvalue weighted by Crippen LogP contribution is -2.41. The number of nitro groups is 1. The van der Waals surface area contributed by atoms with Crippen LogP contribution in [0.25, 0.3) is 0 Å². The van der Waals surface area contributed by atoms with Gasteiger partial charge in [-0.25, -0.2) is 4.98 Å². The molecule has 1 saturated carbocycles. The van der Waals surface area contributed by atoms with E-state index in [1.54, 1.807) is 11.9 Å². The van der Waals surface area contributed by atoms with Gasteiger partial charge in [0, 0.05) is 19.2 Å². The van der Waals surface area contributed by atoms with Gasteiger partial charge in [-0.15, -0.1) is 0 Å². The fraction of sp³-hybridized carbons (Fsp3) is 0.455. The molecule has 18 heavy (non-hydrogen) atoms. The minimum absolute atomic E-state index is 0.0248. The average molecular weight is 250 g/mol. The van der Waals surface area contributed by atoms with Crippen LogP contribution in [-0.2, 0) is 0 Å². The summed E-state index contributed by atoms with van der Waals surface area (Å²) >= 11 is 0. The van der Waals surface area contributed by atoms with E-state index < -0.39 is 4.92 Å². The van der Waals surface area contributed by atoms with Crippen molar-refractivity contribution in [1.29, 1.82) is 0 Å². The van der Waals surface area contributed by atoms with Gasteiger partial charge >= 0.3 is 0 Å². The summed E-state index contributed by atoms with van der Waals surface area (Å²) < 4.78 is 0. The average Bonchev–Trinajstić information content (AvgIpc) is 2.26. The van der Waals surface area contributed by atoms with Crippen LogP contribution in [0.15, 0.2) is 12.3 Å². The van der Waals surface area contributed by atoms with Gasteiger partial charge in [-0.3, -0.25) is 14.9 Å². The summed E-state index contributed by atoms with van der Waals surface area (Å²) in [5.41, 5.74) is 5.48. The normalized spacial score (nSPS) is 14.9. The summed E-state index contributed by atoms with van der Waals surface area (Å²) in [7, 11) is 1.68. The van der Waals surface area contributed by atoms with Crippen molar-refractivity contribution >= 4 is 17.4 Å². The van der Waals surface area contributed by atoms with Gasteiger partial charge < -0.3 is 10.6 Å². The van der Waals surface area contributed by atoms with E-state index in [4.69, 9.17) is 5.73 Å². The fourth-order valence-corrected chi connectivity index (χ4v) is 1.87. The van der Waals surface area contributed by atoms with Crippen molar-refractivity contribution < 1.29 is 9.72 Å². The quantitative estimate of drug-likeness (QED) is 0.641. The van der Waals surface area contributed by atoms with E-state index in [9.17, 15) is 14.9 Å². The monoisotopic (exact) mass is 250 g/mol. The topological polar surface area (TPSA) is 102 Å². The lowest BCUT2D eigenvalue weighted by Gasteiger charge is -2.34. The smallest absolute Gasteiger partial charge is 0.288 e. The van der Waals surface area contributed by atoms with E-state index in [0.717, 1.165) is 25.5 Å². The Bertz CT molecular complexity index is 499. The first-order valence-corrected chi connectivity index (χ1v) is 5.67. The SMILES string of the molecule is CN(C(=O)c1cc([N+](=O)[O-])cnc1N)C1CCC1. The number of anilines is 1. The Kier molecular flexibility index (Phi) is 3.14. The molecule has 0 saturated heterocycles. The Morgan fingerprint density at radius 1 is 1.61 bits per heavy atom. The first kappa shape index (κ1) is 12.3. The molecule has 0 atom stereocenters. The zero-order chi connectivity index (χ0) is 13.3. The summed E-state index contributed by atoms with van der Waals surface area (Å²) in [6.45, 7) is 0. The van der Waals surface area contributed by atoms with Crippen molar-refractivity contribution in [3.63, 3.8) is 0 Å². The largest absolute Gasteiger partial charge is 0.383 e. The first-order valence-electron chi connectivity index (χ1n) is 5.67. The molecule has 0 radical (unpaired) electrons. The third-order valence-corrected chi connectivity index (χ3v) is 3.29. The molecule has 1 aromatic rings. The zero-order valence-corrected chi connectivity index (χ0v) is 10.00. The van der Waals surface area contributed by atoms with E-state index in [-0.39, 0.29) is 29.0 Å². The third-order valence-electron chi connectivity index (χ3n) is 3.29. The number of nitrogens with two attached hydrogens (primary N) is 1. The summed E-state index contributed by atoms with van der Waals surface area (Å²) in [6.07, 6.45) is 4.08. The van der Waals surface area contributed by atoms with Gasteiger partial charge in [0.05, 0.1) is 10.5 Å². The number of hydrogen-bond acceptors (Lipinski definition) is 5. The van der Waals surface area contributed by atoms with E-state index in [1.807, 2.05) is 0 Å². The van der Waals surface area contributed by atoms with Crippen molar-refractivity contribution in [2.24, 2.45) is 0 Å². The van der Waals surface area contributed by atoms with Gasteiger partial charge in [-0.2, -0.15) is 0 Å². The predicted molar refractivity (Wildman–Crippen MR) is 65.0 cm³/mol. The van der Waals surface area contributed by atoms with Crippen LogP contribution < -0.4 is 5.73 Å². The molecule has 1 aliphatic carbocycles. The fourth-order valence-electron chi connectivity index (χ4n) is 1.87. The second-order valence-corrected chi connectivity index (χ2v) is 4.38. The number of rotatable bonds is 3. The van der Waals surface area contributed by atoms with E-state index in [0.29, 0.717) is 0 Å². The van der Waals surface area contributed by atoms with Crippen molar-refractivity contribution in [3.8, 4) is 0 Å². The van der Waals surface area contributed by atoms with Crippen molar-refractivity contribution in [1.82, 2.24) is 9.88 Å². The number of carbonyl (C=O) groups excluding carboxylic acids is 1. The maximum Gasteiger partial charge on any atom is 0.288 e. The van der Waals surface area contributed by atoms with E-state index in [1.165, 1.54) is 6.07 Å². The number of hydrogen-bond donors (Lipinski definition) is 1. The number of nitrogen functional groups attached to an aromatic ring is 1. The van der Waals surface area contributed by atoms with Gasteiger partial charge in [-0.05, 0) is 19.3 Å². The second kappa shape index (κ2) is 4.59. The lowest BCUT2D eigenvalue weighted by atomic mass is 9.91. The highest BCUT2D eigenvalue weighted by molar-refractivity contribution is 5.98. The standard InChI is InChI=1S/C11H14N4O3/c1-14(7-3-2-4-7)11(16)9-5-8(15(17)18)6-13-10(9)12/h5-7H,2-4H2,1H3,(H2,12,13). The van der Waals surface area contributed by atoms with Crippen LogP contribution in [0.1, 0.15) is 29.6 Å². The molecule has 0 unspecified atom stereocenters. The molecular formula is C11H14N4O3. The first-order chi connectivity index (χ1) is 8.50. The van der Waals surface area contributed by atoms with Crippen molar-refractivity contribution in [2.45, 2.75) is 25.3 Å². The van der Waals surface area contributed by atoms with Gasteiger partial charge in [0.25, 0.3) is 11.6 Å². The van der Waals surface area contributed by atoms with Crippen LogP contribution in [0.4, 0.5) is 11.5 Å². The minimum Gasteiger partial charge on any atom is -0.383 e. The van der Waals surface area contributed by atoms with E-state index in [2.05, 4.69) is 4.98 Å². The Morgan fingerprint density at radius 3 is 2.78 bits per heavy atom. The molecule has 1 amide bonds. The zero-order valence-electron chi connectivity index (χ0n) is 10.00. The molecule has 0 spiro atoms. The summed E-state index contributed by atoms with van der Waals surface area (Å²) in [4.78, 5) is 27.5. The molecule has 1 heterocycles. The van der Waals surface area contributed by atoms with E-state index >= 15 is 0 Å². The van der Waals surface area contributed by atoms with Gasteiger partial charge in [-0.1, -0.05) is 0 Å². The maximum atomic E-state index is 12.2. The molecule has 0 bridgehead atoms. The number of pyridine rings is 1. The molecule has 1 fully saturated rings. The Morgan fingerprint density at radius 2 is 2.28 bits per heavy atom. The highest BCUT2D eigenvalue weighted by atomic mass is 16.6. The summed E-state index contributed by atoms with van der Waals surface area (Å²) in [5, 5.41) is 10.7. The Balaban J connectivity index is 2.28. The summed E-state index contributed by atoms with van der Waals surface area (Å²) in [6, 6.07) is 1.39. The highest BCUT2D eigenvalue weighted by Gasteiger charge is 2.28. The molecule has 0 aromatic carbocycles. The minimum atomic E-state index is -0.591. The molecule has 2 N–H and O–H groups in total. The third kappa shape index (κ3) is 2.11. The highest BCUT2D eigenvalue weighted by Crippen LogP contribution is 2.26. The molecular weight excluding hydrogens is 236 g/mol. The Hall–Kier alpha value is -2.18. The van der Waals surface area contributed by atoms with Crippen molar-refractivity contribution in [3.05, 3.63) is 27.9 Å². The molecule has 1 aliphatic rings. The van der Waals surface area contributed by atoms with Crippen LogP contribution in [0.5, 0.6) is 0 Å². The second-order valence-electron chi connectivity index (χ2n) is 4.38. The van der Waals surface area contributed by atoms with Crippen LogP contribution in [0.2, 0.25) is 0 Å². The number of nitrogens with zero attached hydrogens (tertiary/aromatic N) is 3. The Labute approximate surface area is 104 Å². The van der Waals surface area contributed by atoms with Crippen LogP contribution in [0, 0.1) is 10.1 Å². The van der Waals surface area contributed by atoms with Gasteiger partial charge in [0.2, 0.25) is 0 Å². The lowest BCUT2D eigenvalue weighted by molar-refractivity contribution is -0.385. The van der Waals surface area contributed by atoms with Crippen LogP contribution in [-0.4, -0.2) is 33.8 Å².